The zero-order valence-corrected chi connectivity index (χ0v) is 15.1. The molecule has 0 aliphatic rings. The molecular formula is C12H25N2O6SSi+. The van der Waals surface area contributed by atoms with Crippen LogP contribution in [0.15, 0.2) is 12.4 Å². The van der Waals surface area contributed by atoms with Crippen molar-refractivity contribution in [2.45, 2.75) is 31.9 Å². The van der Waals surface area contributed by atoms with E-state index >= 15 is 0 Å². The van der Waals surface area contributed by atoms with Crippen LogP contribution in [-0.4, -0.2) is 53.8 Å². The summed E-state index contributed by atoms with van der Waals surface area (Å²) in [6, 6.07) is 0.695. The van der Waals surface area contributed by atoms with Crippen LogP contribution in [0.3, 0.4) is 0 Å². The fourth-order valence-corrected chi connectivity index (χ4v) is 4.48. The van der Waals surface area contributed by atoms with Crippen LogP contribution < -0.4 is 4.57 Å². The molecule has 1 heterocycles. The lowest BCUT2D eigenvalue weighted by Crippen LogP contribution is -2.43. The summed E-state index contributed by atoms with van der Waals surface area (Å²) in [5.74, 6) is 0.749. The van der Waals surface area contributed by atoms with Gasteiger partial charge in [-0.05, 0) is 6.42 Å². The summed E-state index contributed by atoms with van der Waals surface area (Å²) in [7, 11) is -1.70. The number of imidazole rings is 1. The molecule has 2 N–H and O–H groups in total. The number of aromatic nitrogens is 2. The van der Waals surface area contributed by atoms with E-state index in [1.165, 1.54) is 0 Å². The van der Waals surface area contributed by atoms with E-state index in [4.69, 9.17) is 17.8 Å². The molecule has 0 bridgehead atoms. The number of nitrogens with zero attached hydrogens (tertiary/aromatic N) is 1. The summed E-state index contributed by atoms with van der Waals surface area (Å²) in [6.45, 7) is 0.528. The van der Waals surface area contributed by atoms with E-state index in [2.05, 4.69) is 4.98 Å². The van der Waals surface area contributed by atoms with Crippen molar-refractivity contribution in [3.05, 3.63) is 18.2 Å². The Bertz CT molecular complexity index is 535. The number of H-pyrrole nitrogens is 1. The number of hydrogen-bond donors (Lipinski definition) is 2. The second-order valence-electron chi connectivity index (χ2n) is 4.89. The Balaban J connectivity index is 2.49. The Kier molecular flexibility index (Phi) is 7.66. The van der Waals surface area contributed by atoms with Crippen LogP contribution in [-0.2, 0) is 36.4 Å². The third-order valence-corrected chi connectivity index (χ3v) is 7.12. The summed E-state index contributed by atoms with van der Waals surface area (Å²) >= 11 is 0. The van der Waals surface area contributed by atoms with Gasteiger partial charge in [-0.1, -0.05) is 0 Å². The standard InChI is InChI=1S/C12H24N2O6SSi/c1-18-22(19-2,20-3)11-4-6-12-13-7-9-14(12)8-5-10-21(15,16)17/h7,9H,4-6,8,10-11H2,1-3H3,(H,15,16,17)/p+1. The van der Waals surface area contributed by atoms with Gasteiger partial charge in [-0.15, -0.1) is 0 Å². The average Bonchev–Trinajstić information content (AvgIpc) is 2.90. The van der Waals surface area contributed by atoms with E-state index in [1.54, 1.807) is 27.5 Å². The van der Waals surface area contributed by atoms with Gasteiger partial charge in [-0.3, -0.25) is 4.55 Å². The lowest BCUT2D eigenvalue weighted by atomic mass is 10.3. The van der Waals surface area contributed by atoms with Crippen LogP contribution in [0.2, 0.25) is 6.04 Å². The highest BCUT2D eigenvalue weighted by atomic mass is 32.2. The molecule has 0 aliphatic heterocycles. The first kappa shape index (κ1) is 19.3. The van der Waals surface area contributed by atoms with E-state index in [1.807, 2.05) is 10.8 Å². The number of aromatic amines is 1. The van der Waals surface area contributed by atoms with Gasteiger partial charge in [0.15, 0.2) is 0 Å². The predicted molar refractivity (Wildman–Crippen MR) is 81.9 cm³/mol. The van der Waals surface area contributed by atoms with Crippen LogP contribution in [0.4, 0.5) is 0 Å². The molecule has 0 aromatic carbocycles. The zero-order valence-electron chi connectivity index (χ0n) is 13.2. The van der Waals surface area contributed by atoms with Crippen LogP contribution in [0, 0.1) is 0 Å². The topological polar surface area (TPSA) is 102 Å². The Morgan fingerprint density at radius 1 is 1.23 bits per heavy atom. The smallest absolute Gasteiger partial charge is 0.377 e. The van der Waals surface area contributed by atoms with E-state index in [9.17, 15) is 8.42 Å². The Morgan fingerprint density at radius 2 is 1.86 bits per heavy atom. The molecule has 1 rings (SSSR count). The number of nitrogens with one attached hydrogen (secondary N) is 1. The van der Waals surface area contributed by atoms with Crippen molar-refractivity contribution >= 4 is 18.9 Å². The van der Waals surface area contributed by atoms with Crippen molar-refractivity contribution in [2.75, 3.05) is 27.1 Å². The summed E-state index contributed by atoms with van der Waals surface area (Å²) < 4.78 is 48.3. The molecule has 0 unspecified atom stereocenters. The van der Waals surface area contributed by atoms with Gasteiger partial charge in [0.2, 0.25) is 0 Å². The van der Waals surface area contributed by atoms with Crippen molar-refractivity contribution < 1.29 is 30.8 Å². The SMILES string of the molecule is CO[Si](CCCc1[nH]cc[n+]1CCCS(=O)(=O)O)(OC)OC. The molecule has 8 nitrogen and oxygen atoms in total. The minimum Gasteiger partial charge on any atom is -0.377 e. The Hall–Kier alpha value is -0.783. The van der Waals surface area contributed by atoms with Crippen LogP contribution in [0.1, 0.15) is 18.7 Å². The molecule has 0 saturated heterocycles. The highest BCUT2D eigenvalue weighted by molar-refractivity contribution is 7.85. The van der Waals surface area contributed by atoms with E-state index in [-0.39, 0.29) is 5.75 Å². The predicted octanol–water partition coefficient (Wildman–Crippen LogP) is 0.391. The Labute approximate surface area is 132 Å². The molecule has 0 radical (unpaired) electrons. The van der Waals surface area contributed by atoms with Gasteiger partial charge < -0.3 is 13.3 Å². The first-order valence-corrected chi connectivity index (χ1v) is 10.6. The van der Waals surface area contributed by atoms with Gasteiger partial charge >= 0.3 is 8.80 Å². The van der Waals surface area contributed by atoms with Crippen molar-refractivity contribution in [2.24, 2.45) is 0 Å². The van der Waals surface area contributed by atoms with Gasteiger partial charge in [0.25, 0.3) is 15.9 Å². The molecule has 0 spiro atoms. The maximum Gasteiger partial charge on any atom is 0.500 e. The molecule has 1 aromatic rings. The van der Waals surface area contributed by atoms with Crippen LogP contribution >= 0.6 is 0 Å². The summed E-state index contributed by atoms with van der Waals surface area (Å²) in [5, 5.41) is 0. The second kappa shape index (κ2) is 8.75. The first-order chi connectivity index (χ1) is 10.4. The largest absolute Gasteiger partial charge is 0.500 e. The summed E-state index contributed by atoms with van der Waals surface area (Å²) in [6.07, 6.45) is 5.61. The molecule has 1 aromatic heterocycles. The molecule has 0 saturated carbocycles. The molecule has 22 heavy (non-hydrogen) atoms. The molecule has 0 aliphatic carbocycles. The van der Waals surface area contributed by atoms with Crippen LogP contribution in [0.25, 0.3) is 0 Å². The van der Waals surface area contributed by atoms with Gasteiger partial charge in [0, 0.05) is 40.2 Å². The molecule has 10 heteroatoms. The lowest BCUT2D eigenvalue weighted by molar-refractivity contribution is -0.702. The van der Waals surface area contributed by atoms with Crippen molar-refractivity contribution in [3.8, 4) is 0 Å². The number of rotatable bonds is 11. The lowest BCUT2D eigenvalue weighted by Gasteiger charge is -2.23. The molecule has 0 atom stereocenters. The minimum absolute atomic E-state index is 0.238. The Morgan fingerprint density at radius 3 is 2.41 bits per heavy atom. The summed E-state index contributed by atoms with van der Waals surface area (Å²) in [4.78, 5) is 3.14. The van der Waals surface area contributed by atoms with Crippen molar-refractivity contribution in [1.82, 2.24) is 4.98 Å². The first-order valence-electron chi connectivity index (χ1n) is 7.02. The highest BCUT2D eigenvalue weighted by Gasteiger charge is 2.37. The quantitative estimate of drug-likeness (QED) is 0.339. The number of hydrogen-bond acceptors (Lipinski definition) is 5. The monoisotopic (exact) mass is 353 g/mol. The second-order valence-corrected chi connectivity index (χ2v) is 9.55. The van der Waals surface area contributed by atoms with Crippen LogP contribution in [0.5, 0.6) is 0 Å². The van der Waals surface area contributed by atoms with E-state index in [0.29, 0.717) is 19.0 Å². The van der Waals surface area contributed by atoms with E-state index < -0.39 is 18.9 Å². The van der Waals surface area contributed by atoms with E-state index in [0.717, 1.165) is 18.7 Å². The third-order valence-electron chi connectivity index (χ3n) is 3.48. The fraction of sp³-hybridized carbons (Fsp3) is 0.750. The van der Waals surface area contributed by atoms with Gasteiger partial charge in [-0.25, -0.2) is 9.55 Å². The number of aryl methyl sites for hydroxylation is 2. The van der Waals surface area contributed by atoms with Gasteiger partial charge in [0.1, 0.15) is 12.4 Å². The van der Waals surface area contributed by atoms with Gasteiger partial charge in [-0.2, -0.15) is 8.42 Å². The zero-order chi connectivity index (χ0) is 16.6. The maximum atomic E-state index is 10.7. The van der Waals surface area contributed by atoms with Crippen molar-refractivity contribution in [1.29, 1.82) is 0 Å². The fourth-order valence-electron chi connectivity index (χ4n) is 2.27. The summed E-state index contributed by atoms with van der Waals surface area (Å²) in [5.41, 5.74) is 0. The highest BCUT2D eigenvalue weighted by Crippen LogP contribution is 2.16. The average molecular weight is 353 g/mol. The molecular weight excluding hydrogens is 328 g/mol. The van der Waals surface area contributed by atoms with Crippen molar-refractivity contribution in [3.63, 3.8) is 0 Å². The molecule has 0 amide bonds. The molecule has 0 fully saturated rings. The van der Waals surface area contributed by atoms with Gasteiger partial charge in [0.05, 0.1) is 12.3 Å². The third kappa shape index (κ3) is 6.14. The normalized spacial score (nSPS) is 12.7. The molecule has 128 valence electrons. The minimum atomic E-state index is -3.90. The maximum absolute atomic E-state index is 10.7.